The Labute approximate surface area is 166 Å². The number of hydrogen-bond donors (Lipinski definition) is 2. The van der Waals surface area contributed by atoms with Crippen LogP contribution in [-0.2, 0) is 17.6 Å². The van der Waals surface area contributed by atoms with Crippen LogP contribution in [0.15, 0.2) is 12.1 Å². The summed E-state index contributed by atoms with van der Waals surface area (Å²) in [6.07, 6.45) is 0.230. The number of aliphatic hydroxyl groups excluding tert-OH is 1. The van der Waals surface area contributed by atoms with Gasteiger partial charge in [0.2, 0.25) is 0 Å². The number of ether oxygens (including phenoxy) is 3. The molecule has 1 fully saturated rings. The van der Waals surface area contributed by atoms with Crippen molar-refractivity contribution in [3.8, 4) is 11.5 Å². The number of nitrogens with one attached hydrogen (secondary N) is 1. The molecule has 2 aliphatic rings. The zero-order chi connectivity index (χ0) is 20.1. The molecule has 0 spiro atoms. The molecule has 0 radical (unpaired) electrons. The molecule has 2 atom stereocenters. The van der Waals surface area contributed by atoms with Crippen molar-refractivity contribution in [2.45, 2.75) is 31.9 Å². The number of methoxy groups -OCH3 is 2. The fraction of sp³-hybridized carbons (Fsp3) is 0.650. The summed E-state index contributed by atoms with van der Waals surface area (Å²) in [6.45, 7) is 6.14. The third kappa shape index (κ3) is 4.51. The second-order valence-electron chi connectivity index (χ2n) is 7.19. The molecule has 156 valence electrons. The molecule has 28 heavy (non-hydrogen) atoms. The van der Waals surface area contributed by atoms with Crippen LogP contribution in [0.3, 0.4) is 0 Å². The van der Waals surface area contributed by atoms with Gasteiger partial charge in [-0.15, -0.1) is 0 Å². The van der Waals surface area contributed by atoms with E-state index in [1.807, 2.05) is 19.1 Å². The summed E-state index contributed by atoms with van der Waals surface area (Å²) in [7, 11) is 3.24. The van der Waals surface area contributed by atoms with E-state index in [-0.39, 0.29) is 12.1 Å². The Kier molecular flexibility index (Phi) is 6.98. The minimum atomic E-state index is -0.681. The van der Waals surface area contributed by atoms with E-state index in [9.17, 15) is 9.90 Å². The number of amides is 2. The standard InChI is InChI=1S/C20H31N3O5/c1-4-23(13-22-7-9-28-10-8-22)20(25)21-16-11-14-15(12-17(16)24)19(27-3)6-5-18(14)26-2/h5-6,16-17,24H,4,7-13H2,1-3H3,(H,21,25). The Bertz CT molecular complexity index is 678. The number of hydrogen-bond acceptors (Lipinski definition) is 6. The highest BCUT2D eigenvalue weighted by Gasteiger charge is 2.33. The van der Waals surface area contributed by atoms with Gasteiger partial charge in [0.05, 0.1) is 46.2 Å². The zero-order valence-electron chi connectivity index (χ0n) is 16.9. The molecule has 2 N–H and O–H groups in total. The highest BCUT2D eigenvalue weighted by atomic mass is 16.5. The van der Waals surface area contributed by atoms with Crippen LogP contribution in [0.1, 0.15) is 18.1 Å². The van der Waals surface area contributed by atoms with E-state index in [1.165, 1.54) is 0 Å². The molecule has 8 nitrogen and oxygen atoms in total. The first kappa shape index (κ1) is 20.7. The molecule has 2 unspecified atom stereocenters. The molecule has 1 heterocycles. The number of rotatable bonds is 6. The smallest absolute Gasteiger partial charge is 0.318 e. The van der Waals surface area contributed by atoms with Crippen LogP contribution in [0.2, 0.25) is 0 Å². The Morgan fingerprint density at radius 2 is 1.82 bits per heavy atom. The summed E-state index contributed by atoms with van der Waals surface area (Å²) in [6, 6.07) is 3.18. The maximum Gasteiger partial charge on any atom is 0.318 e. The summed E-state index contributed by atoms with van der Waals surface area (Å²) in [5.41, 5.74) is 1.93. The van der Waals surface area contributed by atoms with Crippen LogP contribution < -0.4 is 14.8 Å². The molecule has 1 aromatic rings. The lowest BCUT2D eigenvalue weighted by Crippen LogP contribution is -2.55. The highest BCUT2D eigenvalue weighted by Crippen LogP contribution is 2.36. The third-order valence-electron chi connectivity index (χ3n) is 5.54. The van der Waals surface area contributed by atoms with Gasteiger partial charge < -0.3 is 29.5 Å². The van der Waals surface area contributed by atoms with Crippen LogP contribution in [0.4, 0.5) is 4.79 Å². The number of morpholine rings is 1. The molecule has 0 bridgehead atoms. The van der Waals surface area contributed by atoms with Crippen molar-refractivity contribution >= 4 is 6.03 Å². The second kappa shape index (κ2) is 9.45. The van der Waals surface area contributed by atoms with Crippen LogP contribution in [0.25, 0.3) is 0 Å². The number of carbonyl (C=O) groups is 1. The van der Waals surface area contributed by atoms with E-state index in [0.717, 1.165) is 35.7 Å². The Balaban J connectivity index is 1.69. The number of aliphatic hydroxyl groups is 1. The first-order valence-corrected chi connectivity index (χ1v) is 9.83. The molecular formula is C20H31N3O5. The average molecular weight is 393 g/mol. The topological polar surface area (TPSA) is 83.5 Å². The summed E-state index contributed by atoms with van der Waals surface area (Å²) >= 11 is 0. The largest absolute Gasteiger partial charge is 0.496 e. The van der Waals surface area contributed by atoms with Gasteiger partial charge in [-0.3, -0.25) is 4.90 Å². The van der Waals surface area contributed by atoms with Crippen LogP contribution in [0.5, 0.6) is 11.5 Å². The molecule has 1 aromatic carbocycles. The lowest BCUT2D eigenvalue weighted by molar-refractivity contribution is 0.0167. The third-order valence-corrected chi connectivity index (χ3v) is 5.54. The lowest BCUT2D eigenvalue weighted by atomic mass is 9.85. The summed E-state index contributed by atoms with van der Waals surface area (Å²) in [4.78, 5) is 16.8. The van der Waals surface area contributed by atoms with Crippen molar-refractivity contribution in [1.29, 1.82) is 0 Å². The predicted octanol–water partition coefficient (Wildman–Crippen LogP) is 0.853. The monoisotopic (exact) mass is 393 g/mol. The quantitative estimate of drug-likeness (QED) is 0.746. The maximum atomic E-state index is 12.8. The molecule has 1 aliphatic carbocycles. The van der Waals surface area contributed by atoms with Crippen molar-refractivity contribution in [3.63, 3.8) is 0 Å². The van der Waals surface area contributed by atoms with Crippen LogP contribution >= 0.6 is 0 Å². The predicted molar refractivity (Wildman–Crippen MR) is 105 cm³/mol. The molecule has 8 heteroatoms. The van der Waals surface area contributed by atoms with Gasteiger partial charge >= 0.3 is 6.03 Å². The minimum Gasteiger partial charge on any atom is -0.496 e. The van der Waals surface area contributed by atoms with Crippen molar-refractivity contribution in [1.82, 2.24) is 15.1 Å². The highest BCUT2D eigenvalue weighted by molar-refractivity contribution is 5.74. The summed E-state index contributed by atoms with van der Waals surface area (Å²) < 4.78 is 16.3. The first-order chi connectivity index (χ1) is 13.6. The number of fused-ring (bicyclic) bond motifs is 1. The molecule has 1 aliphatic heterocycles. The van der Waals surface area contributed by atoms with Gasteiger partial charge in [-0.05, 0) is 25.5 Å². The van der Waals surface area contributed by atoms with Gasteiger partial charge in [0, 0.05) is 37.2 Å². The molecule has 0 aromatic heterocycles. The van der Waals surface area contributed by atoms with E-state index in [1.54, 1.807) is 19.1 Å². The number of carbonyl (C=O) groups excluding carboxylic acids is 1. The molecule has 1 saturated heterocycles. The van der Waals surface area contributed by atoms with E-state index < -0.39 is 6.10 Å². The van der Waals surface area contributed by atoms with Gasteiger partial charge in [0.25, 0.3) is 0 Å². The molecule has 0 saturated carbocycles. The van der Waals surface area contributed by atoms with Gasteiger partial charge in [0.1, 0.15) is 11.5 Å². The summed E-state index contributed by atoms with van der Waals surface area (Å²) in [5, 5.41) is 13.7. The molecule has 3 rings (SSSR count). The normalized spacial score (nSPS) is 22.3. The number of benzene rings is 1. The second-order valence-corrected chi connectivity index (χ2v) is 7.19. The fourth-order valence-corrected chi connectivity index (χ4v) is 3.88. The lowest BCUT2D eigenvalue weighted by Gasteiger charge is -2.36. The Morgan fingerprint density at radius 3 is 2.39 bits per heavy atom. The minimum absolute atomic E-state index is 0.164. The van der Waals surface area contributed by atoms with E-state index in [0.29, 0.717) is 39.3 Å². The maximum absolute atomic E-state index is 12.8. The Hall–Kier alpha value is -2.03. The number of nitrogens with zero attached hydrogens (tertiary/aromatic N) is 2. The van der Waals surface area contributed by atoms with Crippen molar-refractivity contribution < 1.29 is 24.1 Å². The summed E-state index contributed by atoms with van der Waals surface area (Å²) in [5.74, 6) is 1.49. The van der Waals surface area contributed by atoms with Crippen LogP contribution in [0, 0.1) is 0 Å². The molecular weight excluding hydrogens is 362 g/mol. The van der Waals surface area contributed by atoms with E-state index in [4.69, 9.17) is 14.2 Å². The Morgan fingerprint density at radius 1 is 1.21 bits per heavy atom. The van der Waals surface area contributed by atoms with Crippen molar-refractivity contribution in [2.75, 3.05) is 53.7 Å². The fourth-order valence-electron chi connectivity index (χ4n) is 3.88. The average Bonchev–Trinajstić information content (AvgIpc) is 2.72. The number of urea groups is 1. The van der Waals surface area contributed by atoms with Gasteiger partial charge in [-0.2, -0.15) is 0 Å². The first-order valence-electron chi connectivity index (χ1n) is 9.83. The molecule has 2 amide bonds. The van der Waals surface area contributed by atoms with Crippen LogP contribution in [-0.4, -0.2) is 86.8 Å². The van der Waals surface area contributed by atoms with Gasteiger partial charge in [-0.25, -0.2) is 4.79 Å². The van der Waals surface area contributed by atoms with E-state index in [2.05, 4.69) is 10.2 Å². The van der Waals surface area contributed by atoms with E-state index >= 15 is 0 Å². The van der Waals surface area contributed by atoms with Crippen molar-refractivity contribution in [2.24, 2.45) is 0 Å². The van der Waals surface area contributed by atoms with Gasteiger partial charge in [-0.1, -0.05) is 0 Å². The zero-order valence-corrected chi connectivity index (χ0v) is 16.9. The SMILES string of the molecule is CCN(CN1CCOCC1)C(=O)NC1Cc2c(OC)ccc(OC)c2CC1O. The van der Waals surface area contributed by atoms with Gasteiger partial charge in [0.15, 0.2) is 0 Å². The van der Waals surface area contributed by atoms with Crippen molar-refractivity contribution in [3.05, 3.63) is 23.3 Å².